The van der Waals surface area contributed by atoms with Crippen LogP contribution in [0.5, 0.6) is 0 Å². The van der Waals surface area contributed by atoms with Crippen LogP contribution in [0, 0.1) is 0 Å². The second-order valence-electron chi connectivity index (χ2n) is 3.52. The van der Waals surface area contributed by atoms with E-state index < -0.39 is 0 Å². The van der Waals surface area contributed by atoms with E-state index >= 15 is 0 Å². The van der Waals surface area contributed by atoms with Crippen LogP contribution in [0.15, 0.2) is 0 Å². The van der Waals surface area contributed by atoms with Crippen LogP contribution in [0.4, 0.5) is 0 Å². The zero-order valence-electron chi connectivity index (χ0n) is 7.30. The molecule has 3 nitrogen and oxygen atoms in total. The molecule has 0 saturated carbocycles. The summed E-state index contributed by atoms with van der Waals surface area (Å²) in [6, 6.07) is 0. The Kier molecular flexibility index (Phi) is 2.87. The van der Waals surface area contributed by atoms with Gasteiger partial charge in [-0.25, -0.2) is 0 Å². The van der Waals surface area contributed by atoms with Crippen molar-refractivity contribution < 1.29 is 9.47 Å². The molecule has 0 aromatic carbocycles. The lowest BCUT2D eigenvalue weighted by Gasteiger charge is -2.22. The van der Waals surface area contributed by atoms with Crippen molar-refractivity contribution in [1.82, 2.24) is 0 Å². The van der Waals surface area contributed by atoms with Crippen molar-refractivity contribution in [3.8, 4) is 0 Å². The molecule has 0 aromatic heterocycles. The lowest BCUT2D eigenvalue weighted by molar-refractivity contribution is 0.0354. The minimum absolute atomic E-state index is 0.218. The van der Waals surface area contributed by atoms with E-state index in [-0.39, 0.29) is 11.6 Å². The zero-order valence-corrected chi connectivity index (χ0v) is 7.30. The lowest BCUT2D eigenvalue weighted by atomic mass is 10.0. The van der Waals surface area contributed by atoms with Crippen molar-refractivity contribution in [3.05, 3.63) is 0 Å². The van der Waals surface area contributed by atoms with E-state index in [2.05, 4.69) is 0 Å². The standard InChI is InChI=1S/C8H17NO2/c1-7(2)11-6-8(9)3-4-10-5-8/h7H,3-6,9H2,1-2H3. The minimum atomic E-state index is -0.218. The highest BCUT2D eigenvalue weighted by Crippen LogP contribution is 2.15. The number of hydrogen-bond donors (Lipinski definition) is 1. The van der Waals surface area contributed by atoms with Gasteiger partial charge in [0, 0.05) is 6.61 Å². The van der Waals surface area contributed by atoms with Crippen molar-refractivity contribution in [1.29, 1.82) is 0 Å². The van der Waals surface area contributed by atoms with Gasteiger partial charge in [-0.15, -0.1) is 0 Å². The molecule has 0 aliphatic carbocycles. The summed E-state index contributed by atoms with van der Waals surface area (Å²) in [7, 11) is 0. The zero-order chi connectivity index (χ0) is 8.32. The highest BCUT2D eigenvalue weighted by molar-refractivity contribution is 4.87. The van der Waals surface area contributed by atoms with Gasteiger partial charge in [0.2, 0.25) is 0 Å². The van der Waals surface area contributed by atoms with E-state index in [0.29, 0.717) is 13.2 Å². The molecule has 1 unspecified atom stereocenters. The third kappa shape index (κ3) is 2.77. The summed E-state index contributed by atoms with van der Waals surface area (Å²) in [5.41, 5.74) is 5.74. The monoisotopic (exact) mass is 159 g/mol. The van der Waals surface area contributed by atoms with E-state index in [9.17, 15) is 0 Å². The molecule has 0 radical (unpaired) electrons. The van der Waals surface area contributed by atoms with E-state index in [0.717, 1.165) is 13.0 Å². The van der Waals surface area contributed by atoms with Crippen LogP contribution < -0.4 is 5.73 Å². The Morgan fingerprint density at radius 2 is 2.36 bits per heavy atom. The van der Waals surface area contributed by atoms with Gasteiger partial charge in [0.05, 0.1) is 24.9 Å². The van der Waals surface area contributed by atoms with Crippen LogP contribution >= 0.6 is 0 Å². The van der Waals surface area contributed by atoms with Gasteiger partial charge in [0.1, 0.15) is 0 Å². The van der Waals surface area contributed by atoms with E-state index in [1.54, 1.807) is 0 Å². The summed E-state index contributed by atoms with van der Waals surface area (Å²) in [4.78, 5) is 0. The predicted molar refractivity (Wildman–Crippen MR) is 43.4 cm³/mol. The summed E-state index contributed by atoms with van der Waals surface area (Å²) in [6.07, 6.45) is 1.18. The molecule has 1 atom stereocenters. The molecular weight excluding hydrogens is 142 g/mol. The number of hydrogen-bond acceptors (Lipinski definition) is 3. The van der Waals surface area contributed by atoms with Crippen LogP contribution in [0.25, 0.3) is 0 Å². The summed E-state index contributed by atoms with van der Waals surface area (Å²) >= 11 is 0. The van der Waals surface area contributed by atoms with Crippen molar-refractivity contribution in [2.24, 2.45) is 5.73 Å². The number of rotatable bonds is 3. The Balaban J connectivity index is 2.23. The lowest BCUT2D eigenvalue weighted by Crippen LogP contribution is -2.45. The molecule has 0 bridgehead atoms. The maximum Gasteiger partial charge on any atom is 0.0673 e. The Hall–Kier alpha value is -0.120. The third-order valence-corrected chi connectivity index (χ3v) is 1.84. The molecule has 0 amide bonds. The molecule has 1 aliphatic heterocycles. The highest BCUT2D eigenvalue weighted by atomic mass is 16.5. The van der Waals surface area contributed by atoms with Gasteiger partial charge < -0.3 is 15.2 Å². The summed E-state index contributed by atoms with van der Waals surface area (Å²) < 4.78 is 10.6. The Labute approximate surface area is 67.9 Å². The van der Waals surface area contributed by atoms with Gasteiger partial charge in [-0.2, -0.15) is 0 Å². The second kappa shape index (κ2) is 3.52. The average Bonchev–Trinajstić information content (AvgIpc) is 2.33. The molecule has 1 fully saturated rings. The van der Waals surface area contributed by atoms with E-state index in [4.69, 9.17) is 15.2 Å². The molecule has 1 heterocycles. The minimum Gasteiger partial charge on any atom is -0.379 e. The predicted octanol–water partition coefficient (Wildman–Crippen LogP) is 0.529. The Morgan fingerprint density at radius 1 is 1.64 bits per heavy atom. The van der Waals surface area contributed by atoms with Gasteiger partial charge in [0.25, 0.3) is 0 Å². The topological polar surface area (TPSA) is 44.5 Å². The van der Waals surface area contributed by atoms with Crippen molar-refractivity contribution in [2.75, 3.05) is 19.8 Å². The first-order chi connectivity index (χ1) is 5.12. The van der Waals surface area contributed by atoms with Crippen LogP contribution in [0.1, 0.15) is 20.3 Å². The number of nitrogens with two attached hydrogens (primary N) is 1. The van der Waals surface area contributed by atoms with Crippen LogP contribution in [-0.2, 0) is 9.47 Å². The molecule has 2 N–H and O–H groups in total. The molecule has 11 heavy (non-hydrogen) atoms. The molecule has 1 saturated heterocycles. The molecule has 1 rings (SSSR count). The number of ether oxygens (including phenoxy) is 2. The first kappa shape index (κ1) is 8.97. The highest BCUT2D eigenvalue weighted by Gasteiger charge is 2.30. The molecule has 1 aliphatic rings. The fraction of sp³-hybridized carbons (Fsp3) is 1.00. The quantitative estimate of drug-likeness (QED) is 0.653. The smallest absolute Gasteiger partial charge is 0.0673 e. The van der Waals surface area contributed by atoms with Crippen molar-refractivity contribution in [3.63, 3.8) is 0 Å². The molecule has 66 valence electrons. The van der Waals surface area contributed by atoms with Crippen LogP contribution in [-0.4, -0.2) is 31.5 Å². The average molecular weight is 159 g/mol. The first-order valence-corrected chi connectivity index (χ1v) is 4.11. The summed E-state index contributed by atoms with van der Waals surface area (Å²) in [5, 5.41) is 0. The largest absolute Gasteiger partial charge is 0.379 e. The fourth-order valence-corrected chi connectivity index (χ4v) is 1.07. The van der Waals surface area contributed by atoms with Gasteiger partial charge in [-0.05, 0) is 20.3 Å². The molecule has 0 aromatic rings. The maximum absolute atomic E-state index is 5.96. The SMILES string of the molecule is CC(C)OCC1(N)CCOC1. The second-order valence-corrected chi connectivity index (χ2v) is 3.52. The fourth-order valence-electron chi connectivity index (χ4n) is 1.07. The Bertz CT molecular complexity index is 119. The van der Waals surface area contributed by atoms with Crippen molar-refractivity contribution >= 4 is 0 Å². The van der Waals surface area contributed by atoms with Gasteiger partial charge >= 0.3 is 0 Å². The van der Waals surface area contributed by atoms with Crippen LogP contribution in [0.2, 0.25) is 0 Å². The van der Waals surface area contributed by atoms with Gasteiger partial charge in [-0.1, -0.05) is 0 Å². The Morgan fingerprint density at radius 3 is 2.82 bits per heavy atom. The molecule has 0 spiro atoms. The van der Waals surface area contributed by atoms with Crippen LogP contribution in [0.3, 0.4) is 0 Å². The molecule has 3 heteroatoms. The van der Waals surface area contributed by atoms with E-state index in [1.807, 2.05) is 13.8 Å². The third-order valence-electron chi connectivity index (χ3n) is 1.84. The molecular formula is C8H17NO2. The summed E-state index contributed by atoms with van der Waals surface area (Å²) in [6.45, 7) is 6.06. The van der Waals surface area contributed by atoms with Crippen molar-refractivity contribution in [2.45, 2.75) is 31.9 Å². The van der Waals surface area contributed by atoms with Gasteiger partial charge in [0.15, 0.2) is 0 Å². The van der Waals surface area contributed by atoms with Gasteiger partial charge in [-0.3, -0.25) is 0 Å². The normalized spacial score (nSPS) is 31.6. The summed E-state index contributed by atoms with van der Waals surface area (Å²) in [5.74, 6) is 0. The van der Waals surface area contributed by atoms with E-state index in [1.165, 1.54) is 0 Å². The first-order valence-electron chi connectivity index (χ1n) is 4.11. The maximum atomic E-state index is 5.96.